The molecule has 7 heteroatoms. The zero-order valence-electron chi connectivity index (χ0n) is 15.9. The molecule has 1 aliphatic heterocycles. The lowest BCUT2D eigenvalue weighted by atomic mass is 10.1. The van der Waals surface area contributed by atoms with Gasteiger partial charge >= 0.3 is 0 Å². The second kappa shape index (κ2) is 9.23. The van der Waals surface area contributed by atoms with E-state index in [0.717, 1.165) is 19.4 Å². The van der Waals surface area contributed by atoms with Crippen LogP contribution >= 0.6 is 0 Å². The van der Waals surface area contributed by atoms with Crippen LogP contribution in [0.5, 0.6) is 11.5 Å². The predicted molar refractivity (Wildman–Crippen MR) is 107 cm³/mol. The molecule has 2 aromatic rings. The SMILES string of the molecule is COc1cccc(NC(=O)COc2ccc(C(=O)N3CCCC3CN)cc2)c1. The molecule has 1 heterocycles. The van der Waals surface area contributed by atoms with Gasteiger partial charge in [0.25, 0.3) is 11.8 Å². The first-order chi connectivity index (χ1) is 13.6. The van der Waals surface area contributed by atoms with Crippen molar-refractivity contribution in [3.63, 3.8) is 0 Å². The highest BCUT2D eigenvalue weighted by Crippen LogP contribution is 2.21. The molecule has 0 radical (unpaired) electrons. The summed E-state index contributed by atoms with van der Waals surface area (Å²) in [5.41, 5.74) is 6.97. The zero-order valence-corrected chi connectivity index (χ0v) is 15.9. The minimum Gasteiger partial charge on any atom is -0.497 e. The van der Waals surface area contributed by atoms with Gasteiger partial charge in [-0.05, 0) is 49.2 Å². The summed E-state index contributed by atoms with van der Waals surface area (Å²) in [6, 6.07) is 14.0. The first kappa shape index (κ1) is 19.7. The number of methoxy groups -OCH3 is 1. The standard InChI is InChI=1S/C21H25N3O4/c1-27-19-6-2-4-16(12-19)23-20(25)14-28-18-9-7-15(8-10-18)21(26)24-11-3-5-17(24)13-22/h2,4,6-10,12,17H,3,5,11,13-14,22H2,1H3,(H,23,25). The topological polar surface area (TPSA) is 93.9 Å². The maximum atomic E-state index is 12.6. The zero-order chi connectivity index (χ0) is 19.9. The van der Waals surface area contributed by atoms with E-state index in [2.05, 4.69) is 5.32 Å². The van der Waals surface area contributed by atoms with E-state index in [9.17, 15) is 9.59 Å². The third kappa shape index (κ3) is 4.80. The fraction of sp³-hybridized carbons (Fsp3) is 0.333. The van der Waals surface area contributed by atoms with Crippen LogP contribution in [0.3, 0.4) is 0 Å². The van der Waals surface area contributed by atoms with Gasteiger partial charge in [0, 0.05) is 36.4 Å². The Labute approximate surface area is 164 Å². The fourth-order valence-corrected chi connectivity index (χ4v) is 3.25. The molecule has 2 aromatic carbocycles. The number of amides is 2. The molecule has 2 amide bonds. The van der Waals surface area contributed by atoms with E-state index in [0.29, 0.717) is 29.3 Å². The minimum atomic E-state index is -0.281. The fourth-order valence-electron chi connectivity index (χ4n) is 3.25. The average molecular weight is 383 g/mol. The summed E-state index contributed by atoms with van der Waals surface area (Å²) in [4.78, 5) is 26.5. The Balaban J connectivity index is 1.52. The van der Waals surface area contributed by atoms with Crippen LogP contribution in [0, 0.1) is 0 Å². The number of hydrogen-bond acceptors (Lipinski definition) is 5. The monoisotopic (exact) mass is 383 g/mol. The Morgan fingerprint density at radius 3 is 2.68 bits per heavy atom. The van der Waals surface area contributed by atoms with Crippen LogP contribution < -0.4 is 20.5 Å². The Hall–Kier alpha value is -3.06. The minimum absolute atomic E-state index is 0.0183. The highest BCUT2D eigenvalue weighted by molar-refractivity contribution is 5.95. The third-order valence-corrected chi connectivity index (χ3v) is 4.73. The van der Waals surface area contributed by atoms with Crippen molar-refractivity contribution in [1.82, 2.24) is 4.90 Å². The van der Waals surface area contributed by atoms with E-state index in [1.165, 1.54) is 0 Å². The first-order valence-corrected chi connectivity index (χ1v) is 9.28. The van der Waals surface area contributed by atoms with Crippen LogP contribution in [0.1, 0.15) is 23.2 Å². The van der Waals surface area contributed by atoms with Gasteiger partial charge in [-0.1, -0.05) is 6.07 Å². The molecule has 1 atom stereocenters. The number of hydrogen-bond donors (Lipinski definition) is 2. The van der Waals surface area contributed by atoms with Crippen molar-refractivity contribution in [2.24, 2.45) is 5.73 Å². The maximum Gasteiger partial charge on any atom is 0.262 e. The van der Waals surface area contributed by atoms with E-state index in [4.69, 9.17) is 15.2 Å². The molecule has 0 saturated carbocycles. The van der Waals surface area contributed by atoms with E-state index in [1.807, 2.05) is 4.90 Å². The van der Waals surface area contributed by atoms with Crippen LogP contribution in [0.4, 0.5) is 5.69 Å². The smallest absolute Gasteiger partial charge is 0.262 e. The Morgan fingerprint density at radius 2 is 1.96 bits per heavy atom. The van der Waals surface area contributed by atoms with Crippen molar-refractivity contribution in [3.05, 3.63) is 54.1 Å². The van der Waals surface area contributed by atoms with Crippen molar-refractivity contribution in [3.8, 4) is 11.5 Å². The normalized spacial score (nSPS) is 15.9. The number of ether oxygens (including phenoxy) is 2. The Kier molecular flexibility index (Phi) is 6.49. The highest BCUT2D eigenvalue weighted by atomic mass is 16.5. The van der Waals surface area contributed by atoms with Gasteiger partial charge in [0.2, 0.25) is 0 Å². The van der Waals surface area contributed by atoms with E-state index < -0.39 is 0 Å². The summed E-state index contributed by atoms with van der Waals surface area (Å²) >= 11 is 0. The first-order valence-electron chi connectivity index (χ1n) is 9.28. The van der Waals surface area contributed by atoms with E-state index >= 15 is 0 Å². The molecule has 7 nitrogen and oxygen atoms in total. The van der Waals surface area contributed by atoms with Crippen LogP contribution in [-0.2, 0) is 4.79 Å². The molecule has 1 fully saturated rings. The number of nitrogens with one attached hydrogen (secondary N) is 1. The van der Waals surface area contributed by atoms with Gasteiger partial charge in [0.05, 0.1) is 7.11 Å². The number of carbonyl (C=O) groups is 2. The lowest BCUT2D eigenvalue weighted by molar-refractivity contribution is -0.118. The molecule has 0 aromatic heterocycles. The van der Waals surface area contributed by atoms with Crippen molar-refractivity contribution in [1.29, 1.82) is 0 Å². The number of likely N-dealkylation sites (tertiary alicyclic amines) is 1. The van der Waals surface area contributed by atoms with Crippen LogP contribution in [0.25, 0.3) is 0 Å². The van der Waals surface area contributed by atoms with Gasteiger partial charge in [-0.25, -0.2) is 0 Å². The summed E-state index contributed by atoms with van der Waals surface area (Å²) in [6.07, 6.45) is 1.93. The molecule has 0 bridgehead atoms. The highest BCUT2D eigenvalue weighted by Gasteiger charge is 2.28. The summed E-state index contributed by atoms with van der Waals surface area (Å²) in [5.74, 6) is 0.884. The summed E-state index contributed by atoms with van der Waals surface area (Å²) in [5, 5.41) is 2.75. The van der Waals surface area contributed by atoms with Gasteiger partial charge in [-0.2, -0.15) is 0 Å². The summed E-state index contributed by atoms with van der Waals surface area (Å²) in [6.45, 7) is 1.09. The lowest BCUT2D eigenvalue weighted by Gasteiger charge is -2.23. The van der Waals surface area contributed by atoms with Crippen LogP contribution in [0.15, 0.2) is 48.5 Å². The molecule has 0 aliphatic carbocycles. The summed E-state index contributed by atoms with van der Waals surface area (Å²) < 4.78 is 10.6. The van der Waals surface area contributed by atoms with Crippen LogP contribution in [-0.4, -0.2) is 49.6 Å². The average Bonchev–Trinajstić information content (AvgIpc) is 3.21. The second-order valence-electron chi connectivity index (χ2n) is 6.62. The van der Waals surface area contributed by atoms with Gasteiger partial charge in [-0.15, -0.1) is 0 Å². The van der Waals surface area contributed by atoms with Gasteiger partial charge < -0.3 is 25.4 Å². The Bertz CT molecular complexity index is 823. The number of carbonyl (C=O) groups excluding carboxylic acids is 2. The van der Waals surface area contributed by atoms with Crippen molar-refractivity contribution >= 4 is 17.5 Å². The van der Waals surface area contributed by atoms with E-state index in [-0.39, 0.29) is 24.5 Å². The molecule has 1 saturated heterocycles. The van der Waals surface area contributed by atoms with Crippen molar-refractivity contribution in [2.75, 3.05) is 32.1 Å². The lowest BCUT2D eigenvalue weighted by Crippen LogP contribution is -2.39. The van der Waals surface area contributed by atoms with Crippen molar-refractivity contribution in [2.45, 2.75) is 18.9 Å². The van der Waals surface area contributed by atoms with Crippen molar-refractivity contribution < 1.29 is 19.1 Å². The molecule has 1 aliphatic rings. The summed E-state index contributed by atoms with van der Waals surface area (Å²) in [7, 11) is 1.57. The number of rotatable bonds is 7. The second-order valence-corrected chi connectivity index (χ2v) is 6.62. The molecular weight excluding hydrogens is 358 g/mol. The van der Waals surface area contributed by atoms with Gasteiger partial charge in [0.15, 0.2) is 6.61 Å². The largest absolute Gasteiger partial charge is 0.497 e. The molecule has 28 heavy (non-hydrogen) atoms. The number of benzene rings is 2. The van der Waals surface area contributed by atoms with Gasteiger partial charge in [-0.3, -0.25) is 9.59 Å². The van der Waals surface area contributed by atoms with E-state index in [1.54, 1.807) is 55.6 Å². The molecule has 148 valence electrons. The molecule has 1 unspecified atom stereocenters. The number of anilines is 1. The Morgan fingerprint density at radius 1 is 1.18 bits per heavy atom. The molecule has 0 spiro atoms. The molecular formula is C21H25N3O4. The maximum absolute atomic E-state index is 12.6. The van der Waals surface area contributed by atoms with Gasteiger partial charge in [0.1, 0.15) is 11.5 Å². The van der Waals surface area contributed by atoms with Crippen LogP contribution in [0.2, 0.25) is 0 Å². The predicted octanol–water partition coefficient (Wildman–Crippen LogP) is 2.28. The number of nitrogens with two attached hydrogens (primary N) is 1. The number of nitrogens with zero attached hydrogens (tertiary/aromatic N) is 1. The third-order valence-electron chi connectivity index (χ3n) is 4.73. The molecule has 3 N–H and O–H groups in total. The molecule has 3 rings (SSSR count). The quantitative estimate of drug-likeness (QED) is 0.765.